The van der Waals surface area contributed by atoms with Crippen LogP contribution < -0.4 is 0 Å². The highest BCUT2D eigenvalue weighted by Gasteiger charge is 2.04. The van der Waals surface area contributed by atoms with E-state index in [1.54, 1.807) is 11.3 Å². The molecule has 0 spiro atoms. The summed E-state index contributed by atoms with van der Waals surface area (Å²) in [5.41, 5.74) is 2.70. The number of thiol groups is 1. The van der Waals surface area contributed by atoms with Gasteiger partial charge in [-0.2, -0.15) is 0 Å². The van der Waals surface area contributed by atoms with Crippen molar-refractivity contribution >= 4 is 34.1 Å². The van der Waals surface area contributed by atoms with Crippen LogP contribution in [0.1, 0.15) is 25.0 Å². The molecule has 76 valence electrons. The molecule has 0 atom stereocenters. The molecule has 0 N–H and O–H groups in total. The molecule has 0 bridgehead atoms. The summed E-state index contributed by atoms with van der Waals surface area (Å²) in [6, 6.07) is 4.30. The fraction of sp³-hybridized carbons (Fsp3) is 0.333. The minimum absolute atomic E-state index is 1.10. The zero-order valence-electron chi connectivity index (χ0n) is 9.09. The van der Waals surface area contributed by atoms with E-state index in [0.29, 0.717) is 0 Å². The third-order valence-corrected chi connectivity index (χ3v) is 3.70. The van der Waals surface area contributed by atoms with Gasteiger partial charge in [-0.25, -0.2) is 0 Å². The van der Waals surface area contributed by atoms with Crippen LogP contribution in [-0.4, -0.2) is 0 Å². The lowest BCUT2D eigenvalue weighted by Gasteiger charge is -2.03. The van der Waals surface area contributed by atoms with E-state index >= 15 is 0 Å². The molecule has 1 aromatic heterocycles. The fourth-order valence-electron chi connectivity index (χ4n) is 1.39. The number of fused-ring (bicyclic) bond motifs is 1. The first kappa shape index (κ1) is 11.6. The maximum absolute atomic E-state index is 4.44. The third kappa shape index (κ3) is 1.96. The van der Waals surface area contributed by atoms with Crippen LogP contribution in [0.5, 0.6) is 0 Å². The van der Waals surface area contributed by atoms with Gasteiger partial charge < -0.3 is 0 Å². The van der Waals surface area contributed by atoms with E-state index in [2.05, 4.69) is 44.0 Å². The molecule has 0 aliphatic carbocycles. The molecule has 0 aliphatic heterocycles. The molecule has 14 heavy (non-hydrogen) atoms. The molecule has 0 saturated heterocycles. The van der Waals surface area contributed by atoms with Gasteiger partial charge in [-0.3, -0.25) is 0 Å². The van der Waals surface area contributed by atoms with Crippen molar-refractivity contribution in [2.45, 2.75) is 32.6 Å². The van der Waals surface area contributed by atoms with Gasteiger partial charge >= 0.3 is 0 Å². The van der Waals surface area contributed by atoms with Gasteiger partial charge in [0, 0.05) is 9.60 Å². The molecule has 1 aromatic carbocycles. The Hall–Kier alpha value is -0.470. The van der Waals surface area contributed by atoms with Crippen LogP contribution in [0.3, 0.4) is 0 Å². The molecule has 0 saturated carbocycles. The molecular weight excluding hydrogens is 208 g/mol. The Labute approximate surface area is 95.4 Å². The van der Waals surface area contributed by atoms with E-state index in [1.807, 2.05) is 13.8 Å². The van der Waals surface area contributed by atoms with Crippen LogP contribution in [0, 0.1) is 13.8 Å². The standard InChI is InChI=1S/C10H10S2.C2H6/c1-6-5-9(11)10-8(7(6)2)3-4-12-10;1-2/h3-5,11H,1-2H3;1-2H3. The van der Waals surface area contributed by atoms with Crippen molar-refractivity contribution < 1.29 is 0 Å². The van der Waals surface area contributed by atoms with E-state index < -0.39 is 0 Å². The highest BCUT2D eigenvalue weighted by atomic mass is 32.1. The van der Waals surface area contributed by atoms with Crippen molar-refractivity contribution in [3.63, 3.8) is 0 Å². The van der Waals surface area contributed by atoms with Crippen molar-refractivity contribution in [2.75, 3.05) is 0 Å². The van der Waals surface area contributed by atoms with Crippen LogP contribution in [0.4, 0.5) is 0 Å². The molecule has 2 heteroatoms. The largest absolute Gasteiger partial charge is 0.143 e. The van der Waals surface area contributed by atoms with Crippen LogP contribution >= 0.6 is 24.0 Å². The summed E-state index contributed by atoms with van der Waals surface area (Å²) in [4.78, 5) is 1.10. The Morgan fingerprint density at radius 3 is 2.50 bits per heavy atom. The Morgan fingerprint density at radius 1 is 1.21 bits per heavy atom. The minimum atomic E-state index is 1.10. The van der Waals surface area contributed by atoms with Gasteiger partial charge in [0.1, 0.15) is 0 Å². The van der Waals surface area contributed by atoms with Crippen LogP contribution in [0.2, 0.25) is 0 Å². The molecule has 2 aromatic rings. The summed E-state index contributed by atoms with van der Waals surface area (Å²) >= 11 is 6.20. The van der Waals surface area contributed by atoms with Gasteiger partial charge in [-0.15, -0.1) is 24.0 Å². The molecule has 0 unspecified atom stereocenters. The molecule has 2 rings (SSSR count). The summed E-state index contributed by atoms with van der Waals surface area (Å²) in [5, 5.41) is 3.47. The highest BCUT2D eigenvalue weighted by molar-refractivity contribution is 7.80. The number of hydrogen-bond acceptors (Lipinski definition) is 2. The fourth-order valence-corrected chi connectivity index (χ4v) is 2.73. The molecular formula is C12H16S2. The molecule has 0 nitrogen and oxygen atoms in total. The smallest absolute Gasteiger partial charge is 0.0478 e. The SMILES string of the molecule is CC.Cc1cc(S)c2sccc2c1C. The Balaban J connectivity index is 0.000000461. The molecule has 0 aliphatic rings. The van der Waals surface area contributed by atoms with Gasteiger partial charge in [0.05, 0.1) is 0 Å². The Bertz CT molecular complexity index is 427. The van der Waals surface area contributed by atoms with E-state index in [-0.39, 0.29) is 0 Å². The van der Waals surface area contributed by atoms with E-state index in [9.17, 15) is 0 Å². The normalized spacial score (nSPS) is 9.79. The lowest BCUT2D eigenvalue weighted by atomic mass is 10.1. The lowest BCUT2D eigenvalue weighted by molar-refractivity contribution is 1.34. The van der Waals surface area contributed by atoms with Gasteiger partial charge in [-0.05, 0) is 47.9 Å². The quantitative estimate of drug-likeness (QED) is 0.609. The first-order valence-corrected chi connectivity index (χ1v) is 6.19. The van der Waals surface area contributed by atoms with Crippen molar-refractivity contribution in [3.05, 3.63) is 28.6 Å². The Kier molecular flexibility index (Phi) is 4.02. The zero-order valence-corrected chi connectivity index (χ0v) is 10.8. The second-order valence-electron chi connectivity index (χ2n) is 3.00. The van der Waals surface area contributed by atoms with Gasteiger partial charge in [0.2, 0.25) is 0 Å². The number of benzene rings is 1. The predicted octanol–water partition coefficient (Wildman–Crippen LogP) is 4.83. The maximum Gasteiger partial charge on any atom is 0.0478 e. The maximum atomic E-state index is 4.44. The first-order valence-electron chi connectivity index (χ1n) is 4.86. The van der Waals surface area contributed by atoms with E-state index in [0.717, 1.165) is 4.90 Å². The zero-order chi connectivity index (χ0) is 10.7. The van der Waals surface area contributed by atoms with Crippen molar-refractivity contribution in [3.8, 4) is 0 Å². The second-order valence-corrected chi connectivity index (χ2v) is 4.40. The lowest BCUT2D eigenvalue weighted by Crippen LogP contribution is -1.81. The van der Waals surface area contributed by atoms with Crippen LogP contribution in [0.25, 0.3) is 10.1 Å². The summed E-state index contributed by atoms with van der Waals surface area (Å²) in [5.74, 6) is 0. The summed E-state index contributed by atoms with van der Waals surface area (Å²) < 4.78 is 1.31. The van der Waals surface area contributed by atoms with Crippen molar-refractivity contribution in [1.82, 2.24) is 0 Å². The minimum Gasteiger partial charge on any atom is -0.143 e. The van der Waals surface area contributed by atoms with Crippen LogP contribution in [0.15, 0.2) is 22.4 Å². The monoisotopic (exact) mass is 224 g/mol. The summed E-state index contributed by atoms with van der Waals surface area (Å²) in [7, 11) is 0. The third-order valence-electron chi connectivity index (χ3n) is 2.25. The average molecular weight is 224 g/mol. The van der Waals surface area contributed by atoms with Gasteiger partial charge in [0.25, 0.3) is 0 Å². The van der Waals surface area contributed by atoms with Gasteiger partial charge in [-0.1, -0.05) is 13.8 Å². The number of aryl methyl sites for hydroxylation is 2. The van der Waals surface area contributed by atoms with Gasteiger partial charge in [0.15, 0.2) is 0 Å². The number of rotatable bonds is 0. The van der Waals surface area contributed by atoms with Crippen LogP contribution in [-0.2, 0) is 0 Å². The molecule has 0 amide bonds. The van der Waals surface area contributed by atoms with Crippen molar-refractivity contribution in [1.29, 1.82) is 0 Å². The topological polar surface area (TPSA) is 0 Å². The second kappa shape index (κ2) is 4.85. The number of hydrogen-bond donors (Lipinski definition) is 1. The Morgan fingerprint density at radius 2 is 1.86 bits per heavy atom. The molecule has 0 fully saturated rings. The molecule has 0 radical (unpaired) electrons. The first-order chi connectivity index (χ1) is 6.70. The summed E-state index contributed by atoms with van der Waals surface area (Å²) in [6.07, 6.45) is 0. The predicted molar refractivity (Wildman–Crippen MR) is 69.9 cm³/mol. The summed E-state index contributed by atoms with van der Waals surface area (Å²) in [6.45, 7) is 8.30. The number of thiophene rings is 1. The van der Waals surface area contributed by atoms with E-state index in [4.69, 9.17) is 0 Å². The molecule has 1 heterocycles. The highest BCUT2D eigenvalue weighted by Crippen LogP contribution is 2.31. The average Bonchev–Trinajstić information content (AvgIpc) is 2.67. The van der Waals surface area contributed by atoms with Crippen molar-refractivity contribution in [2.24, 2.45) is 0 Å². The van der Waals surface area contributed by atoms with E-state index in [1.165, 1.54) is 21.2 Å².